The van der Waals surface area contributed by atoms with Gasteiger partial charge >= 0.3 is 6.03 Å². The number of likely N-dealkylation sites (tertiary alicyclic amines) is 1. The molecule has 0 radical (unpaired) electrons. The summed E-state index contributed by atoms with van der Waals surface area (Å²) in [4.78, 5) is 34.4. The van der Waals surface area contributed by atoms with Gasteiger partial charge in [0.15, 0.2) is 5.54 Å². The third-order valence-electron chi connectivity index (χ3n) is 7.28. The van der Waals surface area contributed by atoms with E-state index in [-0.39, 0.29) is 11.9 Å². The SMILES string of the molecule is O=C1NC(c2ccccc2)(c2ccncc2)C(=O)N1CCCN1CCC(O)(c2ccccc2)CC1. The van der Waals surface area contributed by atoms with Crippen LogP contribution >= 0.6 is 0 Å². The van der Waals surface area contributed by atoms with Crippen LogP contribution in [0.1, 0.15) is 36.0 Å². The van der Waals surface area contributed by atoms with Gasteiger partial charge in [-0.25, -0.2) is 4.79 Å². The van der Waals surface area contributed by atoms with Crippen molar-refractivity contribution < 1.29 is 14.7 Å². The summed E-state index contributed by atoms with van der Waals surface area (Å²) in [6.45, 7) is 2.65. The molecule has 2 N–H and O–H groups in total. The predicted molar refractivity (Wildman–Crippen MR) is 132 cm³/mol. The minimum atomic E-state index is -1.25. The molecule has 1 atom stereocenters. The summed E-state index contributed by atoms with van der Waals surface area (Å²) in [5.74, 6) is -0.267. The Morgan fingerprint density at radius 2 is 1.37 bits per heavy atom. The van der Waals surface area contributed by atoms with Crippen molar-refractivity contribution in [1.29, 1.82) is 0 Å². The molecule has 0 bridgehead atoms. The molecule has 7 heteroatoms. The van der Waals surface area contributed by atoms with Crippen LogP contribution in [0.5, 0.6) is 0 Å². The minimum absolute atomic E-state index is 0.267. The van der Waals surface area contributed by atoms with Gasteiger partial charge in [-0.2, -0.15) is 0 Å². The van der Waals surface area contributed by atoms with E-state index in [0.717, 1.165) is 30.8 Å². The zero-order chi connectivity index (χ0) is 24.3. The summed E-state index contributed by atoms with van der Waals surface area (Å²) in [5.41, 5.74) is 0.340. The fraction of sp³-hybridized carbons (Fsp3) is 0.321. The monoisotopic (exact) mass is 470 g/mol. The first-order valence-electron chi connectivity index (χ1n) is 12.1. The maximum absolute atomic E-state index is 13.7. The van der Waals surface area contributed by atoms with Crippen LogP contribution < -0.4 is 5.32 Å². The number of nitrogens with zero attached hydrogens (tertiary/aromatic N) is 3. The van der Waals surface area contributed by atoms with Gasteiger partial charge in [0.1, 0.15) is 0 Å². The number of carbonyl (C=O) groups excluding carboxylic acids is 2. The number of benzene rings is 2. The highest BCUT2D eigenvalue weighted by Gasteiger charge is 2.53. The van der Waals surface area contributed by atoms with E-state index < -0.39 is 11.1 Å². The van der Waals surface area contributed by atoms with Crippen LogP contribution in [0.4, 0.5) is 4.79 Å². The van der Waals surface area contributed by atoms with E-state index in [0.29, 0.717) is 31.4 Å². The van der Waals surface area contributed by atoms with Crippen molar-refractivity contribution in [3.05, 3.63) is 102 Å². The second-order valence-corrected chi connectivity index (χ2v) is 9.33. The van der Waals surface area contributed by atoms with Crippen LogP contribution in [0.15, 0.2) is 85.2 Å². The van der Waals surface area contributed by atoms with Gasteiger partial charge in [0.05, 0.1) is 5.60 Å². The lowest BCUT2D eigenvalue weighted by molar-refractivity contribution is -0.130. The number of hydrogen-bond acceptors (Lipinski definition) is 5. The van der Waals surface area contributed by atoms with E-state index in [1.165, 1.54) is 4.90 Å². The lowest BCUT2D eigenvalue weighted by atomic mass is 9.83. The molecule has 35 heavy (non-hydrogen) atoms. The molecule has 2 aliphatic rings. The molecule has 2 fully saturated rings. The summed E-state index contributed by atoms with van der Waals surface area (Å²) in [6, 6.07) is 22.4. The third kappa shape index (κ3) is 4.33. The Morgan fingerprint density at radius 3 is 2.00 bits per heavy atom. The zero-order valence-electron chi connectivity index (χ0n) is 19.6. The van der Waals surface area contributed by atoms with E-state index in [1.807, 2.05) is 60.7 Å². The standard InChI is InChI=1S/C28H30N4O3/c33-25-28(23-10-5-2-6-11-23,24-12-16-29-17-13-24)30-26(34)32(25)19-7-18-31-20-14-27(35,15-21-31)22-8-3-1-4-9-22/h1-6,8-13,16-17,35H,7,14-15,18-21H2,(H,30,34). The molecule has 2 aromatic carbocycles. The molecule has 0 spiro atoms. The van der Waals surface area contributed by atoms with Gasteiger partial charge in [-0.05, 0) is 54.6 Å². The Morgan fingerprint density at radius 1 is 0.800 bits per heavy atom. The molecule has 180 valence electrons. The van der Waals surface area contributed by atoms with Crippen molar-refractivity contribution in [2.45, 2.75) is 30.4 Å². The van der Waals surface area contributed by atoms with Crippen molar-refractivity contribution in [1.82, 2.24) is 20.1 Å². The predicted octanol–water partition coefficient (Wildman–Crippen LogP) is 3.25. The molecule has 3 aromatic rings. The summed E-state index contributed by atoms with van der Waals surface area (Å²) < 4.78 is 0. The molecular formula is C28H30N4O3. The summed E-state index contributed by atoms with van der Waals surface area (Å²) in [7, 11) is 0. The molecule has 3 heterocycles. The smallest absolute Gasteiger partial charge is 0.325 e. The van der Waals surface area contributed by atoms with E-state index >= 15 is 0 Å². The molecular weight excluding hydrogens is 440 g/mol. The molecule has 0 aliphatic carbocycles. The van der Waals surface area contributed by atoms with Crippen LogP contribution in [-0.4, -0.2) is 58.0 Å². The molecule has 3 amide bonds. The van der Waals surface area contributed by atoms with Crippen molar-refractivity contribution >= 4 is 11.9 Å². The van der Waals surface area contributed by atoms with Crippen LogP contribution in [-0.2, 0) is 15.9 Å². The molecule has 1 aromatic heterocycles. The fourth-order valence-corrected chi connectivity index (χ4v) is 5.26. The van der Waals surface area contributed by atoms with E-state index in [1.54, 1.807) is 24.5 Å². The third-order valence-corrected chi connectivity index (χ3v) is 7.28. The largest absolute Gasteiger partial charge is 0.385 e. The quantitative estimate of drug-likeness (QED) is 0.518. The first kappa shape index (κ1) is 23.2. The maximum Gasteiger partial charge on any atom is 0.325 e. The lowest BCUT2D eigenvalue weighted by Crippen LogP contribution is -2.45. The number of aliphatic hydroxyl groups is 1. The Bertz CT molecular complexity index is 1120. The molecule has 1 unspecified atom stereocenters. The number of pyridine rings is 1. The second kappa shape index (κ2) is 9.60. The highest BCUT2D eigenvalue weighted by atomic mass is 16.3. The molecule has 0 saturated carbocycles. The Kier molecular flexibility index (Phi) is 6.36. The van der Waals surface area contributed by atoms with E-state index in [9.17, 15) is 14.7 Å². The van der Waals surface area contributed by atoms with Gasteiger partial charge in [0, 0.05) is 32.0 Å². The van der Waals surface area contributed by atoms with Crippen molar-refractivity contribution in [2.75, 3.05) is 26.2 Å². The highest BCUT2D eigenvalue weighted by molar-refractivity contribution is 6.09. The molecule has 2 aliphatic heterocycles. The topological polar surface area (TPSA) is 85.8 Å². The Hall–Kier alpha value is -3.55. The number of nitrogens with one attached hydrogen (secondary N) is 1. The van der Waals surface area contributed by atoms with E-state index in [4.69, 9.17) is 0 Å². The van der Waals surface area contributed by atoms with Gasteiger partial charge in [-0.1, -0.05) is 60.7 Å². The fourth-order valence-electron chi connectivity index (χ4n) is 5.26. The first-order valence-corrected chi connectivity index (χ1v) is 12.1. The van der Waals surface area contributed by atoms with Crippen LogP contribution in [0, 0.1) is 0 Å². The maximum atomic E-state index is 13.7. The normalized spacial score (nSPS) is 22.3. The average Bonchev–Trinajstić information content (AvgIpc) is 3.17. The lowest BCUT2D eigenvalue weighted by Gasteiger charge is -2.38. The summed E-state index contributed by atoms with van der Waals surface area (Å²) in [6.07, 6.45) is 5.27. The second-order valence-electron chi connectivity index (χ2n) is 9.33. The van der Waals surface area contributed by atoms with Gasteiger partial charge < -0.3 is 15.3 Å². The van der Waals surface area contributed by atoms with Crippen molar-refractivity contribution in [2.24, 2.45) is 0 Å². The Labute approximate surface area is 205 Å². The molecule has 7 nitrogen and oxygen atoms in total. The van der Waals surface area contributed by atoms with Gasteiger partial charge in [-0.15, -0.1) is 0 Å². The summed E-state index contributed by atoms with van der Waals surface area (Å²) >= 11 is 0. The first-order chi connectivity index (χ1) is 17.0. The highest BCUT2D eigenvalue weighted by Crippen LogP contribution is 2.36. The summed E-state index contributed by atoms with van der Waals surface area (Å²) in [5, 5.41) is 14.0. The van der Waals surface area contributed by atoms with Gasteiger partial charge in [0.25, 0.3) is 5.91 Å². The average molecular weight is 471 g/mol. The number of imide groups is 1. The number of piperidine rings is 1. The van der Waals surface area contributed by atoms with Crippen molar-refractivity contribution in [3.63, 3.8) is 0 Å². The number of aromatic nitrogens is 1. The van der Waals surface area contributed by atoms with Crippen LogP contribution in [0.2, 0.25) is 0 Å². The molecule has 2 saturated heterocycles. The number of hydrogen-bond donors (Lipinski definition) is 2. The van der Waals surface area contributed by atoms with Crippen LogP contribution in [0.25, 0.3) is 0 Å². The minimum Gasteiger partial charge on any atom is -0.385 e. The van der Waals surface area contributed by atoms with E-state index in [2.05, 4.69) is 15.2 Å². The zero-order valence-corrected chi connectivity index (χ0v) is 19.6. The van der Waals surface area contributed by atoms with Gasteiger partial charge in [0.2, 0.25) is 0 Å². The van der Waals surface area contributed by atoms with Crippen LogP contribution in [0.3, 0.4) is 0 Å². The molecule has 5 rings (SSSR count). The Balaban J connectivity index is 1.24. The van der Waals surface area contributed by atoms with Crippen molar-refractivity contribution in [3.8, 4) is 0 Å². The number of carbonyl (C=O) groups is 2. The number of amides is 3. The van der Waals surface area contributed by atoms with Gasteiger partial charge in [-0.3, -0.25) is 14.7 Å². The number of rotatable bonds is 7. The number of urea groups is 1.